The van der Waals surface area contributed by atoms with E-state index < -0.39 is 0 Å². The second kappa shape index (κ2) is 6.06. The maximum atomic E-state index is 11.7. The van der Waals surface area contributed by atoms with Crippen molar-refractivity contribution in [3.63, 3.8) is 0 Å². The standard InChI is InChI=1S/C11H24N4O/c1-4-10(9-12)14-5-7-15(8-6-14)11(16)13(2)3/h10H,4-9,12H2,1-3H3. The zero-order valence-corrected chi connectivity index (χ0v) is 10.6. The van der Waals surface area contributed by atoms with Gasteiger partial charge in [0.2, 0.25) is 0 Å². The van der Waals surface area contributed by atoms with Gasteiger partial charge in [0, 0.05) is 52.9 Å². The summed E-state index contributed by atoms with van der Waals surface area (Å²) >= 11 is 0. The van der Waals surface area contributed by atoms with Crippen LogP contribution in [0.25, 0.3) is 0 Å². The average Bonchev–Trinajstić information content (AvgIpc) is 2.30. The number of amides is 2. The average molecular weight is 228 g/mol. The Morgan fingerprint density at radius 2 is 1.88 bits per heavy atom. The molecule has 2 amide bonds. The lowest BCUT2D eigenvalue weighted by molar-refractivity contribution is 0.0981. The molecule has 0 aromatic rings. The molecule has 0 aromatic carbocycles. The topological polar surface area (TPSA) is 52.8 Å². The monoisotopic (exact) mass is 228 g/mol. The molecule has 1 heterocycles. The molecule has 16 heavy (non-hydrogen) atoms. The van der Waals surface area contributed by atoms with Crippen molar-refractivity contribution in [2.45, 2.75) is 19.4 Å². The van der Waals surface area contributed by atoms with Crippen molar-refractivity contribution in [3.8, 4) is 0 Å². The predicted octanol–water partition coefficient (Wildman–Crippen LogP) is 0.0229. The summed E-state index contributed by atoms with van der Waals surface area (Å²) in [4.78, 5) is 17.6. The maximum Gasteiger partial charge on any atom is 0.319 e. The molecule has 0 aromatic heterocycles. The first kappa shape index (κ1) is 13.3. The second-order valence-electron chi connectivity index (χ2n) is 4.50. The number of carbonyl (C=O) groups excluding carboxylic acids is 1. The first-order valence-electron chi connectivity index (χ1n) is 6.00. The number of piperazine rings is 1. The van der Waals surface area contributed by atoms with Crippen LogP contribution in [0.3, 0.4) is 0 Å². The van der Waals surface area contributed by atoms with Gasteiger partial charge in [0.15, 0.2) is 0 Å². The fourth-order valence-corrected chi connectivity index (χ4v) is 2.14. The third-order valence-corrected chi connectivity index (χ3v) is 3.23. The van der Waals surface area contributed by atoms with Gasteiger partial charge in [-0.05, 0) is 6.42 Å². The molecule has 1 aliphatic rings. The van der Waals surface area contributed by atoms with Gasteiger partial charge in [0.1, 0.15) is 0 Å². The molecule has 0 saturated carbocycles. The van der Waals surface area contributed by atoms with Crippen molar-refractivity contribution in [2.24, 2.45) is 5.73 Å². The largest absolute Gasteiger partial charge is 0.331 e. The summed E-state index contributed by atoms with van der Waals surface area (Å²) in [6, 6.07) is 0.581. The molecule has 5 nitrogen and oxygen atoms in total. The Kier molecular flexibility index (Phi) is 5.02. The molecule has 1 rings (SSSR count). The number of nitrogens with two attached hydrogens (primary N) is 1. The lowest BCUT2D eigenvalue weighted by Crippen LogP contribution is -2.55. The minimum Gasteiger partial charge on any atom is -0.331 e. The molecule has 0 bridgehead atoms. The number of rotatable bonds is 3. The maximum absolute atomic E-state index is 11.7. The van der Waals surface area contributed by atoms with Crippen LogP contribution in [0.2, 0.25) is 0 Å². The van der Waals surface area contributed by atoms with Gasteiger partial charge < -0.3 is 15.5 Å². The van der Waals surface area contributed by atoms with Gasteiger partial charge in [-0.25, -0.2) is 4.79 Å². The summed E-state index contributed by atoms with van der Waals surface area (Å²) in [6.45, 7) is 6.37. The van der Waals surface area contributed by atoms with Crippen molar-refractivity contribution >= 4 is 6.03 Å². The minimum atomic E-state index is 0.112. The molecule has 1 fully saturated rings. The van der Waals surface area contributed by atoms with E-state index in [2.05, 4.69) is 11.8 Å². The van der Waals surface area contributed by atoms with E-state index in [4.69, 9.17) is 5.73 Å². The summed E-state index contributed by atoms with van der Waals surface area (Å²) < 4.78 is 0. The van der Waals surface area contributed by atoms with E-state index in [-0.39, 0.29) is 6.03 Å². The Hall–Kier alpha value is -0.810. The van der Waals surface area contributed by atoms with E-state index in [0.717, 1.165) is 32.6 Å². The van der Waals surface area contributed by atoms with Crippen LogP contribution >= 0.6 is 0 Å². The van der Waals surface area contributed by atoms with Gasteiger partial charge >= 0.3 is 6.03 Å². The Balaban J connectivity index is 2.42. The van der Waals surface area contributed by atoms with Crippen LogP contribution in [0.1, 0.15) is 13.3 Å². The SMILES string of the molecule is CCC(CN)N1CCN(C(=O)N(C)C)CC1. The molecule has 5 heteroatoms. The summed E-state index contributed by atoms with van der Waals surface area (Å²) in [6.07, 6.45) is 1.08. The lowest BCUT2D eigenvalue weighted by atomic mass is 10.1. The highest BCUT2D eigenvalue weighted by Gasteiger charge is 2.25. The van der Waals surface area contributed by atoms with Crippen molar-refractivity contribution in [2.75, 3.05) is 46.8 Å². The Labute approximate surface area is 98.2 Å². The summed E-state index contributed by atoms with van der Waals surface area (Å²) in [7, 11) is 3.59. The highest BCUT2D eigenvalue weighted by molar-refractivity contribution is 5.73. The first-order valence-corrected chi connectivity index (χ1v) is 6.00. The van der Waals surface area contributed by atoms with Crippen LogP contribution in [-0.2, 0) is 0 Å². The van der Waals surface area contributed by atoms with Crippen molar-refractivity contribution in [1.29, 1.82) is 0 Å². The summed E-state index contributed by atoms with van der Waals surface area (Å²) in [5.41, 5.74) is 5.73. The fraction of sp³-hybridized carbons (Fsp3) is 0.909. The van der Waals surface area contributed by atoms with E-state index >= 15 is 0 Å². The van der Waals surface area contributed by atoms with Crippen LogP contribution in [-0.4, -0.2) is 73.6 Å². The Morgan fingerprint density at radius 1 is 1.31 bits per heavy atom. The Bertz CT molecular complexity index is 220. The van der Waals surface area contributed by atoms with Gasteiger partial charge in [-0.3, -0.25) is 4.90 Å². The van der Waals surface area contributed by atoms with E-state index in [1.54, 1.807) is 19.0 Å². The van der Waals surface area contributed by atoms with Crippen LogP contribution in [0.15, 0.2) is 0 Å². The van der Waals surface area contributed by atoms with Gasteiger partial charge in [-0.2, -0.15) is 0 Å². The molecule has 0 spiro atoms. The minimum absolute atomic E-state index is 0.112. The smallest absolute Gasteiger partial charge is 0.319 e. The fourth-order valence-electron chi connectivity index (χ4n) is 2.14. The summed E-state index contributed by atoms with van der Waals surface area (Å²) in [5.74, 6) is 0. The molecule has 2 N–H and O–H groups in total. The quantitative estimate of drug-likeness (QED) is 0.741. The van der Waals surface area contributed by atoms with Crippen LogP contribution < -0.4 is 5.73 Å². The van der Waals surface area contributed by atoms with Gasteiger partial charge in [-0.15, -0.1) is 0 Å². The third kappa shape index (κ3) is 3.09. The van der Waals surface area contributed by atoms with Gasteiger partial charge in [-0.1, -0.05) is 6.92 Å². The molecule has 1 saturated heterocycles. The molecule has 94 valence electrons. The summed E-state index contributed by atoms with van der Waals surface area (Å²) in [5, 5.41) is 0. The molecule has 0 radical (unpaired) electrons. The number of hydrogen-bond donors (Lipinski definition) is 1. The van der Waals surface area contributed by atoms with Crippen LogP contribution in [0, 0.1) is 0 Å². The molecular weight excluding hydrogens is 204 g/mol. The number of carbonyl (C=O) groups is 1. The molecule has 1 unspecified atom stereocenters. The van der Waals surface area contributed by atoms with Crippen LogP contribution in [0.4, 0.5) is 4.79 Å². The van der Waals surface area contributed by atoms with Crippen molar-refractivity contribution in [3.05, 3.63) is 0 Å². The predicted molar refractivity (Wildman–Crippen MR) is 65.4 cm³/mol. The number of urea groups is 1. The van der Waals surface area contributed by atoms with Crippen molar-refractivity contribution in [1.82, 2.24) is 14.7 Å². The molecule has 0 aliphatic carbocycles. The third-order valence-electron chi connectivity index (χ3n) is 3.23. The Morgan fingerprint density at radius 3 is 2.25 bits per heavy atom. The zero-order valence-electron chi connectivity index (χ0n) is 10.6. The van der Waals surface area contributed by atoms with E-state index in [0.29, 0.717) is 12.6 Å². The van der Waals surface area contributed by atoms with Crippen LogP contribution in [0.5, 0.6) is 0 Å². The van der Waals surface area contributed by atoms with Crippen molar-refractivity contribution < 1.29 is 4.79 Å². The van der Waals surface area contributed by atoms with E-state index in [1.807, 2.05) is 4.90 Å². The number of hydrogen-bond acceptors (Lipinski definition) is 3. The highest BCUT2D eigenvalue weighted by Crippen LogP contribution is 2.09. The zero-order chi connectivity index (χ0) is 12.1. The normalized spacial score (nSPS) is 19.6. The molecular formula is C11H24N4O. The first-order chi connectivity index (χ1) is 7.60. The molecule has 1 aliphatic heterocycles. The lowest BCUT2D eigenvalue weighted by Gasteiger charge is -2.39. The second-order valence-corrected chi connectivity index (χ2v) is 4.50. The van der Waals surface area contributed by atoms with Gasteiger partial charge in [0.25, 0.3) is 0 Å². The highest BCUT2D eigenvalue weighted by atomic mass is 16.2. The molecule has 1 atom stereocenters. The van der Waals surface area contributed by atoms with E-state index in [9.17, 15) is 4.79 Å². The van der Waals surface area contributed by atoms with E-state index in [1.165, 1.54) is 0 Å². The van der Waals surface area contributed by atoms with Gasteiger partial charge in [0.05, 0.1) is 0 Å². The number of nitrogens with zero attached hydrogens (tertiary/aromatic N) is 3.